The van der Waals surface area contributed by atoms with Crippen molar-refractivity contribution in [1.82, 2.24) is 4.90 Å². The van der Waals surface area contributed by atoms with Crippen molar-refractivity contribution < 1.29 is 14.5 Å². The van der Waals surface area contributed by atoms with E-state index in [-0.39, 0.29) is 0 Å². The van der Waals surface area contributed by atoms with E-state index in [1.807, 2.05) is 36.5 Å². The van der Waals surface area contributed by atoms with Crippen molar-refractivity contribution in [2.75, 3.05) is 50.6 Å². The van der Waals surface area contributed by atoms with Gasteiger partial charge in [-0.3, -0.25) is 4.90 Å². The maximum Gasteiger partial charge on any atom is 0.274 e. The summed E-state index contributed by atoms with van der Waals surface area (Å²) < 4.78 is 10.7. The minimum Gasteiger partial charge on any atom is -0.497 e. The molecule has 0 radical (unpaired) electrons. The molecule has 25 heavy (non-hydrogen) atoms. The molecule has 0 saturated carbocycles. The number of benzene rings is 1. The standard InChI is InChI=1S/C18H22N4O2S/c1-23-14-6-7-16(24-2)15(13-14)20-18(25)22-11-9-21(10-12-22)17-5-3-4-8-19-17/h3-8,13H,9-12H2,1-2H3,(H,20,25)/p+1. The van der Waals surface area contributed by atoms with Gasteiger partial charge in [0.1, 0.15) is 24.6 Å². The first-order valence-corrected chi connectivity index (χ1v) is 8.61. The van der Waals surface area contributed by atoms with Crippen LogP contribution in [0.15, 0.2) is 42.6 Å². The lowest BCUT2D eigenvalue weighted by Gasteiger charge is -2.33. The molecule has 1 aliphatic rings. The highest BCUT2D eigenvalue weighted by molar-refractivity contribution is 7.80. The number of H-pyrrole nitrogens is 1. The smallest absolute Gasteiger partial charge is 0.274 e. The number of nitrogens with one attached hydrogen (secondary N) is 2. The van der Waals surface area contributed by atoms with Crippen molar-refractivity contribution in [2.45, 2.75) is 0 Å². The monoisotopic (exact) mass is 359 g/mol. The zero-order valence-corrected chi connectivity index (χ0v) is 15.3. The molecule has 0 aliphatic carbocycles. The fraction of sp³-hybridized carbons (Fsp3) is 0.333. The van der Waals surface area contributed by atoms with Crippen LogP contribution >= 0.6 is 12.2 Å². The lowest BCUT2D eigenvalue weighted by molar-refractivity contribution is -0.364. The van der Waals surface area contributed by atoms with Crippen molar-refractivity contribution in [1.29, 1.82) is 0 Å². The van der Waals surface area contributed by atoms with Crippen LogP contribution in [0, 0.1) is 0 Å². The number of hydrogen-bond donors (Lipinski definition) is 1. The van der Waals surface area contributed by atoms with Gasteiger partial charge in [0.05, 0.1) is 39.2 Å². The van der Waals surface area contributed by atoms with E-state index in [1.165, 1.54) is 0 Å². The van der Waals surface area contributed by atoms with Crippen LogP contribution < -0.4 is 24.7 Å². The van der Waals surface area contributed by atoms with Crippen molar-refractivity contribution >= 4 is 28.8 Å². The molecule has 0 unspecified atom stereocenters. The number of piperazine rings is 1. The van der Waals surface area contributed by atoms with E-state index in [2.05, 4.69) is 26.2 Å². The molecule has 132 valence electrons. The van der Waals surface area contributed by atoms with Crippen LogP contribution in [0.5, 0.6) is 11.5 Å². The van der Waals surface area contributed by atoms with Crippen LogP contribution in [-0.4, -0.2) is 50.4 Å². The number of aromatic nitrogens is 1. The third kappa shape index (κ3) is 4.11. The minimum absolute atomic E-state index is 0.697. The Labute approximate surface area is 153 Å². The highest BCUT2D eigenvalue weighted by Gasteiger charge is 2.24. The van der Waals surface area contributed by atoms with Gasteiger partial charge in [-0.15, -0.1) is 0 Å². The molecule has 2 heterocycles. The van der Waals surface area contributed by atoms with Crippen LogP contribution in [0.1, 0.15) is 0 Å². The summed E-state index contributed by atoms with van der Waals surface area (Å²) in [6.07, 6.45) is 1.95. The summed E-state index contributed by atoms with van der Waals surface area (Å²) in [5.41, 5.74) is 0.811. The number of rotatable bonds is 4. The maximum absolute atomic E-state index is 5.59. The number of thiocarbonyl (C=S) groups is 1. The number of anilines is 2. The van der Waals surface area contributed by atoms with Gasteiger partial charge in [0, 0.05) is 12.1 Å². The number of pyridine rings is 1. The molecule has 2 aromatic rings. The van der Waals surface area contributed by atoms with Crippen LogP contribution in [-0.2, 0) is 0 Å². The van der Waals surface area contributed by atoms with E-state index < -0.39 is 0 Å². The lowest BCUT2D eigenvalue weighted by atomic mass is 10.2. The highest BCUT2D eigenvalue weighted by atomic mass is 32.1. The van der Waals surface area contributed by atoms with Gasteiger partial charge in [-0.05, 0) is 30.4 Å². The Kier molecular flexibility index (Phi) is 5.55. The van der Waals surface area contributed by atoms with Crippen LogP contribution in [0.25, 0.3) is 0 Å². The number of aromatic amines is 1. The van der Waals surface area contributed by atoms with Crippen molar-refractivity contribution in [3.05, 3.63) is 42.6 Å². The van der Waals surface area contributed by atoms with Gasteiger partial charge >= 0.3 is 0 Å². The summed E-state index contributed by atoms with van der Waals surface area (Å²) in [5.74, 6) is 2.63. The average molecular weight is 359 g/mol. The second kappa shape index (κ2) is 8.02. The average Bonchev–Trinajstić information content (AvgIpc) is 2.68. The third-order valence-corrected chi connectivity index (χ3v) is 4.61. The number of hydrogen-bond acceptors (Lipinski definition) is 4. The number of ether oxygens (including phenoxy) is 2. The largest absolute Gasteiger partial charge is 0.497 e. The molecule has 0 amide bonds. The molecular weight excluding hydrogens is 336 g/mol. The van der Waals surface area contributed by atoms with Gasteiger partial charge in [0.2, 0.25) is 0 Å². The van der Waals surface area contributed by atoms with Gasteiger partial charge in [-0.2, -0.15) is 0 Å². The van der Waals surface area contributed by atoms with Gasteiger partial charge in [-0.25, -0.2) is 4.98 Å². The zero-order chi connectivity index (χ0) is 17.6. The van der Waals surface area contributed by atoms with Crippen LogP contribution in [0.3, 0.4) is 0 Å². The first-order valence-electron chi connectivity index (χ1n) is 8.21. The number of methoxy groups -OCH3 is 2. The second-order valence-electron chi connectivity index (χ2n) is 5.72. The summed E-state index contributed by atoms with van der Waals surface area (Å²) >= 11 is 5.59. The summed E-state index contributed by atoms with van der Waals surface area (Å²) in [4.78, 5) is 7.78. The molecule has 0 spiro atoms. The molecule has 7 heteroatoms. The molecule has 1 saturated heterocycles. The lowest BCUT2D eigenvalue weighted by Crippen LogP contribution is -2.51. The van der Waals surface area contributed by atoms with E-state index in [1.54, 1.807) is 14.2 Å². The van der Waals surface area contributed by atoms with Crippen molar-refractivity contribution in [3.8, 4) is 11.5 Å². The Morgan fingerprint density at radius 3 is 2.52 bits per heavy atom. The normalized spacial score (nSPS) is 14.2. The topological polar surface area (TPSA) is 51.1 Å². The second-order valence-corrected chi connectivity index (χ2v) is 6.10. The maximum atomic E-state index is 5.59. The predicted molar refractivity (Wildman–Crippen MR) is 103 cm³/mol. The molecule has 0 bridgehead atoms. The fourth-order valence-corrected chi connectivity index (χ4v) is 3.13. The zero-order valence-electron chi connectivity index (χ0n) is 14.5. The SMILES string of the molecule is COc1ccc(OC)c(NC(=S)N2CCN(c3cccc[nH+]3)CC2)c1. The van der Waals surface area contributed by atoms with E-state index in [9.17, 15) is 0 Å². The predicted octanol–water partition coefficient (Wildman–Crippen LogP) is 2.04. The molecule has 1 aliphatic heterocycles. The molecule has 2 N–H and O–H groups in total. The van der Waals surface area contributed by atoms with Crippen molar-refractivity contribution in [2.24, 2.45) is 0 Å². The van der Waals surface area contributed by atoms with Gasteiger partial charge in [-0.1, -0.05) is 6.07 Å². The summed E-state index contributed by atoms with van der Waals surface area (Å²) in [6, 6.07) is 11.7. The Bertz CT molecular complexity index is 718. The molecule has 0 atom stereocenters. The molecule has 6 nitrogen and oxygen atoms in total. The Morgan fingerprint density at radius 1 is 1.08 bits per heavy atom. The summed E-state index contributed by atoms with van der Waals surface area (Å²) in [7, 11) is 3.29. The Balaban J connectivity index is 1.62. The van der Waals surface area contributed by atoms with E-state index in [0.717, 1.165) is 49.2 Å². The molecule has 1 fully saturated rings. The van der Waals surface area contributed by atoms with E-state index in [0.29, 0.717) is 5.11 Å². The van der Waals surface area contributed by atoms with Crippen LogP contribution in [0.4, 0.5) is 11.5 Å². The number of nitrogens with zero attached hydrogens (tertiary/aromatic N) is 2. The molecule has 3 rings (SSSR count). The molecule has 1 aromatic carbocycles. The summed E-state index contributed by atoms with van der Waals surface area (Å²) in [6.45, 7) is 3.55. The minimum atomic E-state index is 0.697. The first kappa shape index (κ1) is 17.3. The van der Waals surface area contributed by atoms with E-state index >= 15 is 0 Å². The highest BCUT2D eigenvalue weighted by Crippen LogP contribution is 2.29. The first-order chi connectivity index (χ1) is 12.2. The van der Waals surface area contributed by atoms with Crippen LogP contribution in [0.2, 0.25) is 0 Å². The Hall–Kier alpha value is -2.54. The quantitative estimate of drug-likeness (QED) is 0.843. The fourth-order valence-electron chi connectivity index (χ4n) is 2.84. The van der Waals surface area contributed by atoms with Gasteiger partial charge in [0.25, 0.3) is 5.82 Å². The summed E-state index contributed by atoms with van der Waals surface area (Å²) in [5, 5.41) is 3.98. The molecular formula is C18H23N4O2S+. The van der Waals surface area contributed by atoms with Crippen molar-refractivity contribution in [3.63, 3.8) is 0 Å². The Morgan fingerprint density at radius 2 is 1.88 bits per heavy atom. The van der Waals surface area contributed by atoms with E-state index in [4.69, 9.17) is 21.7 Å². The van der Waals surface area contributed by atoms with Gasteiger partial charge < -0.3 is 19.7 Å². The van der Waals surface area contributed by atoms with Gasteiger partial charge in [0.15, 0.2) is 5.11 Å². The third-order valence-electron chi connectivity index (χ3n) is 4.25. The molecule has 1 aromatic heterocycles.